The first-order chi connectivity index (χ1) is 15.2. The van der Waals surface area contributed by atoms with Crippen molar-refractivity contribution >= 4 is 21.8 Å². The number of ether oxygens (including phenoxy) is 3. The number of benzene rings is 1. The Balaban J connectivity index is 2.08. The predicted molar refractivity (Wildman–Crippen MR) is 90.2 cm³/mol. The van der Waals surface area contributed by atoms with Crippen LogP contribution in [-0.4, -0.2) is 39.9 Å². The van der Waals surface area contributed by atoms with Crippen LogP contribution < -0.4 is 14.2 Å². The standard InChI is InChI=1S/C16H15F2N3O4S/c1-23-13-5-6-19-12(14(13)24-2)8-26(22)16-20-10-4-3-9(25-15(17)18)7-11(10)21-16/h3-7,15H,8H2,1-2H3,(H,20,21)/i1D3,5D,6D,8D2. The molecule has 0 aliphatic carbocycles. The highest BCUT2D eigenvalue weighted by atomic mass is 32.2. The number of rotatable bonds is 7. The predicted octanol–water partition coefficient (Wildman–Crippen LogP) is 2.88. The third-order valence-electron chi connectivity index (χ3n) is 3.09. The van der Waals surface area contributed by atoms with Crippen molar-refractivity contribution in [2.24, 2.45) is 0 Å². The first-order valence-electron chi connectivity index (χ1n) is 10.4. The summed E-state index contributed by atoms with van der Waals surface area (Å²) in [5.74, 6) is -1.61. The van der Waals surface area contributed by atoms with Gasteiger partial charge in [-0.15, -0.1) is 0 Å². The highest BCUT2D eigenvalue weighted by Crippen LogP contribution is 2.30. The van der Waals surface area contributed by atoms with E-state index in [1.165, 1.54) is 12.1 Å². The van der Waals surface area contributed by atoms with Crippen molar-refractivity contribution in [1.82, 2.24) is 15.0 Å². The number of nitrogens with zero attached hydrogens (tertiary/aromatic N) is 2. The Morgan fingerprint density at radius 2 is 2.31 bits per heavy atom. The maximum atomic E-state index is 13.1. The molecule has 0 fully saturated rings. The number of hydrogen-bond donors (Lipinski definition) is 1. The highest BCUT2D eigenvalue weighted by Gasteiger charge is 2.17. The molecule has 0 aliphatic heterocycles. The number of imidazole rings is 1. The van der Waals surface area contributed by atoms with Gasteiger partial charge in [-0.2, -0.15) is 8.78 Å². The number of alkyl halides is 2. The van der Waals surface area contributed by atoms with Crippen LogP contribution >= 0.6 is 0 Å². The van der Waals surface area contributed by atoms with Crippen LogP contribution in [0.4, 0.5) is 8.78 Å². The molecule has 0 spiro atoms. The summed E-state index contributed by atoms with van der Waals surface area (Å²) in [5, 5.41) is -0.409. The molecular formula is C16H15F2N3O4S. The van der Waals surface area contributed by atoms with Gasteiger partial charge in [-0.3, -0.25) is 9.19 Å². The first kappa shape index (κ1) is 11.1. The van der Waals surface area contributed by atoms with Crippen LogP contribution in [0.15, 0.2) is 35.6 Å². The van der Waals surface area contributed by atoms with Gasteiger partial charge in [-0.05, 0) is 12.1 Å². The van der Waals surface area contributed by atoms with Gasteiger partial charge in [0.05, 0.1) is 54.2 Å². The summed E-state index contributed by atoms with van der Waals surface area (Å²) in [4.78, 5) is 10.2. The van der Waals surface area contributed by atoms with Gasteiger partial charge in [-0.25, -0.2) is 4.98 Å². The lowest BCUT2D eigenvalue weighted by atomic mass is 10.3. The van der Waals surface area contributed by atoms with E-state index < -0.39 is 64.7 Å². The van der Waals surface area contributed by atoms with Crippen LogP contribution in [0.2, 0.25) is 0 Å². The molecule has 0 bridgehead atoms. The maximum Gasteiger partial charge on any atom is 0.387 e. The summed E-state index contributed by atoms with van der Waals surface area (Å²) in [6, 6.07) is 2.86. The summed E-state index contributed by atoms with van der Waals surface area (Å²) in [6.07, 6.45) is -0.843. The van der Waals surface area contributed by atoms with Crippen molar-refractivity contribution in [3.8, 4) is 17.2 Å². The average Bonchev–Trinajstić information content (AvgIpc) is 3.12. The van der Waals surface area contributed by atoms with Crippen molar-refractivity contribution < 1.29 is 36.8 Å². The Labute approximate surface area is 159 Å². The van der Waals surface area contributed by atoms with Gasteiger partial charge in [0.25, 0.3) is 0 Å². The van der Waals surface area contributed by atoms with Gasteiger partial charge in [0.15, 0.2) is 16.7 Å². The van der Waals surface area contributed by atoms with Crippen LogP contribution in [0.5, 0.6) is 17.2 Å². The van der Waals surface area contributed by atoms with Crippen LogP contribution in [0, 0.1) is 0 Å². The zero-order valence-corrected chi connectivity index (χ0v) is 13.8. The fraction of sp³-hybridized carbons (Fsp3) is 0.250. The second-order valence-electron chi connectivity index (χ2n) is 4.63. The summed E-state index contributed by atoms with van der Waals surface area (Å²) < 4.78 is 106. The lowest BCUT2D eigenvalue weighted by Crippen LogP contribution is -2.04. The van der Waals surface area contributed by atoms with Crippen LogP contribution in [0.1, 0.15) is 15.3 Å². The molecule has 2 aromatic heterocycles. The smallest absolute Gasteiger partial charge is 0.387 e. The number of pyridine rings is 1. The minimum absolute atomic E-state index is 0.126. The lowest BCUT2D eigenvalue weighted by Gasteiger charge is -2.10. The van der Waals surface area contributed by atoms with Crippen molar-refractivity contribution in [2.75, 3.05) is 14.1 Å². The number of methoxy groups -OCH3 is 2. The van der Waals surface area contributed by atoms with Gasteiger partial charge in [0.2, 0.25) is 0 Å². The summed E-state index contributed by atoms with van der Waals surface area (Å²) >= 11 is 0. The largest absolute Gasteiger partial charge is 0.493 e. The molecule has 26 heavy (non-hydrogen) atoms. The van der Waals surface area contributed by atoms with Gasteiger partial charge < -0.3 is 19.2 Å². The van der Waals surface area contributed by atoms with Gasteiger partial charge in [-0.1, -0.05) is 0 Å². The van der Waals surface area contributed by atoms with Crippen molar-refractivity contribution in [3.63, 3.8) is 0 Å². The number of hydrogen-bond acceptors (Lipinski definition) is 6. The fourth-order valence-electron chi connectivity index (χ4n) is 2.05. The van der Waals surface area contributed by atoms with E-state index in [4.69, 9.17) is 19.1 Å². The second kappa shape index (κ2) is 7.65. The Hall–Kier alpha value is -2.75. The third-order valence-corrected chi connectivity index (χ3v) is 4.01. The SMILES string of the molecule is [2H]c1nc(C([2H])([2H])S(=O)c2nc3ccc(OC(F)F)cc3[nH]2)c(OC)c(OC([2H])([2H])[2H])c1[2H]. The fourth-order valence-corrected chi connectivity index (χ4v) is 2.84. The number of aromatic amines is 1. The molecule has 3 aromatic rings. The minimum atomic E-state index is -3.07. The van der Waals surface area contributed by atoms with E-state index in [0.717, 1.165) is 13.2 Å². The molecule has 0 amide bonds. The third kappa shape index (κ3) is 3.74. The van der Waals surface area contributed by atoms with Crippen molar-refractivity contribution in [3.05, 3.63) is 36.1 Å². The van der Waals surface area contributed by atoms with Gasteiger partial charge in [0, 0.05) is 21.0 Å². The number of fused-ring (bicyclic) bond motifs is 1. The quantitative estimate of drug-likeness (QED) is 0.668. The van der Waals surface area contributed by atoms with E-state index in [9.17, 15) is 13.0 Å². The zero-order valence-electron chi connectivity index (χ0n) is 20.0. The van der Waals surface area contributed by atoms with Crippen molar-refractivity contribution in [1.29, 1.82) is 0 Å². The van der Waals surface area contributed by atoms with E-state index in [1.54, 1.807) is 0 Å². The number of nitrogens with one attached hydrogen (secondary N) is 1. The molecule has 3 rings (SSSR count). The Morgan fingerprint density at radius 3 is 3.04 bits per heavy atom. The monoisotopic (exact) mass is 390 g/mol. The molecule has 1 aromatic carbocycles. The average molecular weight is 390 g/mol. The van der Waals surface area contributed by atoms with Gasteiger partial charge in [0.1, 0.15) is 5.75 Å². The lowest BCUT2D eigenvalue weighted by molar-refractivity contribution is -0.0497. The number of H-pyrrole nitrogens is 1. The topological polar surface area (TPSA) is 86.3 Å². The molecule has 7 nitrogen and oxygen atoms in total. The van der Waals surface area contributed by atoms with Crippen molar-refractivity contribution in [2.45, 2.75) is 17.5 Å². The summed E-state index contributed by atoms with van der Waals surface area (Å²) in [5.41, 5.74) is -3.38. The molecular weight excluding hydrogens is 368 g/mol. The Bertz CT molecular complexity index is 1220. The summed E-state index contributed by atoms with van der Waals surface area (Å²) in [6.45, 7) is -3.07. The Morgan fingerprint density at radius 1 is 1.46 bits per heavy atom. The zero-order chi connectivity index (χ0) is 24.7. The van der Waals surface area contributed by atoms with E-state index in [-0.39, 0.29) is 16.8 Å². The van der Waals surface area contributed by atoms with E-state index >= 15 is 0 Å². The number of aromatic nitrogens is 3. The van der Waals surface area contributed by atoms with Crippen LogP contribution in [0.25, 0.3) is 11.0 Å². The van der Waals surface area contributed by atoms with E-state index in [0.29, 0.717) is 0 Å². The summed E-state index contributed by atoms with van der Waals surface area (Å²) in [7, 11) is -4.69. The Kier molecular flexibility index (Phi) is 3.25. The van der Waals surface area contributed by atoms with Gasteiger partial charge >= 0.3 is 6.61 Å². The normalized spacial score (nSPS) is 17.3. The molecule has 0 aliphatic rings. The second-order valence-corrected chi connectivity index (χ2v) is 5.76. The van der Waals surface area contributed by atoms with E-state index in [1.807, 2.05) is 0 Å². The van der Waals surface area contributed by atoms with E-state index in [2.05, 4.69) is 19.7 Å². The molecule has 10 heteroatoms. The first-order valence-corrected chi connectivity index (χ1v) is 8.00. The highest BCUT2D eigenvalue weighted by molar-refractivity contribution is 7.84. The number of halogens is 2. The molecule has 0 saturated heterocycles. The molecule has 1 unspecified atom stereocenters. The molecule has 0 radical (unpaired) electrons. The maximum absolute atomic E-state index is 13.1. The van der Waals surface area contributed by atoms with Crippen LogP contribution in [-0.2, 0) is 16.5 Å². The van der Waals surface area contributed by atoms with Crippen LogP contribution in [0.3, 0.4) is 0 Å². The molecule has 138 valence electrons. The molecule has 1 atom stereocenters. The molecule has 2 heterocycles. The minimum Gasteiger partial charge on any atom is -0.493 e. The molecule has 1 N–H and O–H groups in total. The molecule has 0 saturated carbocycles.